The summed E-state index contributed by atoms with van der Waals surface area (Å²) in [6, 6.07) is 5.70. The summed E-state index contributed by atoms with van der Waals surface area (Å²) in [5.41, 5.74) is 1.27. The molecule has 1 aliphatic carbocycles. The van der Waals surface area contributed by atoms with Crippen molar-refractivity contribution in [3.8, 4) is 0 Å². The second kappa shape index (κ2) is 5.65. The number of anilines is 1. The molecule has 108 valence electrons. The van der Waals surface area contributed by atoms with Crippen LogP contribution in [0.5, 0.6) is 0 Å². The third-order valence-electron chi connectivity index (χ3n) is 4.75. The van der Waals surface area contributed by atoms with E-state index in [9.17, 15) is 4.79 Å². The first-order valence-electron chi connectivity index (χ1n) is 7.46. The SMILES string of the molecule is O=C(O)c1ccc(N2CCC[C@H]3CCCC[C@H]32)c(Cl)c1. The molecule has 0 spiro atoms. The zero-order valence-corrected chi connectivity index (χ0v) is 12.3. The molecule has 3 nitrogen and oxygen atoms in total. The molecule has 0 unspecified atom stereocenters. The molecule has 2 atom stereocenters. The summed E-state index contributed by atoms with van der Waals surface area (Å²) in [6.45, 7) is 1.04. The predicted octanol–water partition coefficient (Wildman–Crippen LogP) is 4.20. The van der Waals surface area contributed by atoms with Gasteiger partial charge in [0.1, 0.15) is 0 Å². The number of rotatable bonds is 2. The molecule has 0 amide bonds. The highest BCUT2D eigenvalue weighted by Gasteiger charge is 2.34. The van der Waals surface area contributed by atoms with Crippen LogP contribution in [0.3, 0.4) is 0 Å². The molecule has 4 heteroatoms. The molecule has 20 heavy (non-hydrogen) atoms. The standard InChI is InChI=1S/C16H20ClNO2/c17-13-10-12(16(19)20)7-8-15(13)18-9-3-5-11-4-1-2-6-14(11)18/h7-8,10-11,14H,1-6,9H2,(H,19,20)/t11-,14-/m1/s1. The number of carbonyl (C=O) groups is 1. The van der Waals surface area contributed by atoms with Crippen molar-refractivity contribution in [1.82, 2.24) is 0 Å². The monoisotopic (exact) mass is 293 g/mol. The van der Waals surface area contributed by atoms with E-state index in [-0.39, 0.29) is 5.56 Å². The summed E-state index contributed by atoms with van der Waals surface area (Å²) in [5, 5.41) is 9.59. The topological polar surface area (TPSA) is 40.5 Å². The van der Waals surface area contributed by atoms with Crippen LogP contribution in [0.15, 0.2) is 18.2 Å². The molecule has 2 fully saturated rings. The summed E-state index contributed by atoms with van der Waals surface area (Å²) >= 11 is 6.33. The van der Waals surface area contributed by atoms with Crippen LogP contribution < -0.4 is 4.90 Å². The second-order valence-corrected chi connectivity index (χ2v) is 6.33. The van der Waals surface area contributed by atoms with Gasteiger partial charge in [-0.25, -0.2) is 4.79 Å². The summed E-state index contributed by atoms with van der Waals surface area (Å²) in [4.78, 5) is 13.4. The number of nitrogens with zero attached hydrogens (tertiary/aromatic N) is 1. The number of aromatic carboxylic acids is 1. The van der Waals surface area contributed by atoms with Crippen molar-refractivity contribution in [3.63, 3.8) is 0 Å². The van der Waals surface area contributed by atoms with Gasteiger partial charge in [-0.15, -0.1) is 0 Å². The number of halogens is 1. The van der Waals surface area contributed by atoms with Crippen molar-refractivity contribution in [2.24, 2.45) is 5.92 Å². The van der Waals surface area contributed by atoms with Crippen molar-refractivity contribution in [2.75, 3.05) is 11.4 Å². The number of carboxylic acids is 1. The lowest BCUT2D eigenvalue weighted by Crippen LogP contribution is -2.47. The Balaban J connectivity index is 1.89. The lowest BCUT2D eigenvalue weighted by Gasteiger charge is -2.45. The zero-order valence-electron chi connectivity index (χ0n) is 11.5. The third kappa shape index (κ3) is 2.51. The van der Waals surface area contributed by atoms with Gasteiger partial charge in [-0.05, 0) is 49.8 Å². The maximum absolute atomic E-state index is 11.0. The van der Waals surface area contributed by atoms with Crippen molar-refractivity contribution >= 4 is 23.3 Å². The summed E-state index contributed by atoms with van der Waals surface area (Å²) in [6.07, 6.45) is 7.74. The number of carboxylic acid groups (broad SMARTS) is 1. The van der Waals surface area contributed by atoms with Gasteiger partial charge in [-0.1, -0.05) is 24.4 Å². The van der Waals surface area contributed by atoms with Crippen LogP contribution in [0.1, 0.15) is 48.9 Å². The Labute approximate surface area is 124 Å². The van der Waals surface area contributed by atoms with Crippen LogP contribution in [-0.2, 0) is 0 Å². The smallest absolute Gasteiger partial charge is 0.335 e. The molecule has 1 aromatic rings. The summed E-state index contributed by atoms with van der Waals surface area (Å²) in [7, 11) is 0. The van der Waals surface area contributed by atoms with Gasteiger partial charge in [0.15, 0.2) is 0 Å². The second-order valence-electron chi connectivity index (χ2n) is 5.92. The lowest BCUT2D eigenvalue weighted by atomic mass is 9.78. The number of benzene rings is 1. The van der Waals surface area contributed by atoms with E-state index < -0.39 is 5.97 Å². The molecule has 1 aliphatic heterocycles. The highest BCUT2D eigenvalue weighted by molar-refractivity contribution is 6.33. The molecule has 0 radical (unpaired) electrons. The van der Waals surface area contributed by atoms with Crippen LogP contribution in [0.4, 0.5) is 5.69 Å². The fourth-order valence-corrected chi connectivity index (χ4v) is 4.09. The van der Waals surface area contributed by atoms with Crippen molar-refractivity contribution in [1.29, 1.82) is 0 Å². The van der Waals surface area contributed by atoms with Crippen molar-refractivity contribution in [2.45, 2.75) is 44.6 Å². The first-order valence-corrected chi connectivity index (χ1v) is 7.84. The molecule has 1 saturated carbocycles. The van der Waals surface area contributed by atoms with Gasteiger partial charge in [0.05, 0.1) is 16.3 Å². The normalized spacial score (nSPS) is 26.1. The quantitative estimate of drug-likeness (QED) is 0.888. The van der Waals surface area contributed by atoms with Gasteiger partial charge in [0, 0.05) is 12.6 Å². The van der Waals surface area contributed by atoms with Gasteiger partial charge < -0.3 is 10.0 Å². The van der Waals surface area contributed by atoms with E-state index in [0.717, 1.165) is 18.2 Å². The van der Waals surface area contributed by atoms with Crippen LogP contribution in [-0.4, -0.2) is 23.7 Å². The van der Waals surface area contributed by atoms with E-state index in [1.807, 2.05) is 6.07 Å². The van der Waals surface area contributed by atoms with E-state index in [4.69, 9.17) is 16.7 Å². The highest BCUT2D eigenvalue weighted by atomic mass is 35.5. The molecule has 1 heterocycles. The Kier molecular flexibility index (Phi) is 3.88. The van der Waals surface area contributed by atoms with Crippen molar-refractivity contribution in [3.05, 3.63) is 28.8 Å². The molecule has 1 N–H and O–H groups in total. The van der Waals surface area contributed by atoms with E-state index in [1.54, 1.807) is 12.1 Å². The Hall–Kier alpha value is -1.22. The van der Waals surface area contributed by atoms with Gasteiger partial charge in [-0.3, -0.25) is 0 Å². The number of fused-ring (bicyclic) bond motifs is 1. The Morgan fingerprint density at radius 1 is 1.20 bits per heavy atom. The molecule has 3 rings (SSSR count). The molecule has 1 saturated heterocycles. The minimum atomic E-state index is -0.923. The van der Waals surface area contributed by atoms with Crippen LogP contribution in [0, 0.1) is 5.92 Å². The molecule has 0 aromatic heterocycles. The third-order valence-corrected chi connectivity index (χ3v) is 5.05. The van der Waals surface area contributed by atoms with Crippen molar-refractivity contribution < 1.29 is 9.90 Å². The minimum Gasteiger partial charge on any atom is -0.478 e. The predicted molar refractivity (Wildman–Crippen MR) is 80.7 cm³/mol. The molecule has 2 aliphatic rings. The molecule has 1 aromatic carbocycles. The molecular formula is C16H20ClNO2. The van der Waals surface area contributed by atoms with Gasteiger partial charge in [0.2, 0.25) is 0 Å². The Morgan fingerprint density at radius 3 is 2.70 bits per heavy atom. The maximum atomic E-state index is 11.0. The maximum Gasteiger partial charge on any atom is 0.335 e. The van der Waals surface area contributed by atoms with E-state index in [1.165, 1.54) is 38.5 Å². The van der Waals surface area contributed by atoms with Gasteiger partial charge in [-0.2, -0.15) is 0 Å². The average Bonchev–Trinajstić information content (AvgIpc) is 2.46. The Bertz CT molecular complexity index is 515. The lowest BCUT2D eigenvalue weighted by molar-refractivity contribution is 0.0697. The minimum absolute atomic E-state index is 0.260. The highest BCUT2D eigenvalue weighted by Crippen LogP contribution is 2.40. The fraction of sp³-hybridized carbons (Fsp3) is 0.562. The van der Waals surface area contributed by atoms with Gasteiger partial charge in [0.25, 0.3) is 0 Å². The van der Waals surface area contributed by atoms with E-state index >= 15 is 0 Å². The largest absolute Gasteiger partial charge is 0.478 e. The first-order chi connectivity index (χ1) is 9.66. The first kappa shape index (κ1) is 13.7. The number of piperidine rings is 1. The summed E-state index contributed by atoms with van der Waals surface area (Å²) in [5.74, 6) is -0.139. The Morgan fingerprint density at radius 2 is 1.95 bits per heavy atom. The van der Waals surface area contributed by atoms with Gasteiger partial charge >= 0.3 is 5.97 Å². The molecular weight excluding hydrogens is 274 g/mol. The zero-order chi connectivity index (χ0) is 14.1. The number of hydrogen-bond donors (Lipinski definition) is 1. The summed E-state index contributed by atoms with van der Waals surface area (Å²) < 4.78 is 0. The van der Waals surface area contributed by atoms with Crippen LogP contribution >= 0.6 is 11.6 Å². The van der Waals surface area contributed by atoms with E-state index in [2.05, 4.69) is 4.90 Å². The number of hydrogen-bond acceptors (Lipinski definition) is 2. The van der Waals surface area contributed by atoms with Crippen LogP contribution in [0.2, 0.25) is 5.02 Å². The average molecular weight is 294 g/mol. The van der Waals surface area contributed by atoms with Crippen LogP contribution in [0.25, 0.3) is 0 Å². The fourth-order valence-electron chi connectivity index (χ4n) is 3.80. The molecule has 0 bridgehead atoms. The van der Waals surface area contributed by atoms with E-state index in [0.29, 0.717) is 11.1 Å².